The van der Waals surface area contributed by atoms with Gasteiger partial charge in [-0.05, 0) is 43.1 Å². The number of fused-ring (bicyclic) bond motifs is 1. The van der Waals surface area contributed by atoms with Crippen LogP contribution in [-0.4, -0.2) is 30.7 Å². The lowest BCUT2D eigenvalue weighted by atomic mass is 9.91. The van der Waals surface area contributed by atoms with Crippen molar-refractivity contribution in [2.24, 2.45) is 0 Å². The van der Waals surface area contributed by atoms with Crippen molar-refractivity contribution in [3.63, 3.8) is 0 Å². The van der Waals surface area contributed by atoms with Crippen LogP contribution in [0, 0.1) is 0 Å². The number of likely N-dealkylation sites (N-methyl/N-ethyl adjacent to an activating group) is 1. The SMILES string of the molecule is CCC1c2cc(O)c(OC)cc2CCN1C. The minimum absolute atomic E-state index is 0.245. The van der Waals surface area contributed by atoms with Gasteiger partial charge in [-0.2, -0.15) is 0 Å². The molecule has 0 amide bonds. The summed E-state index contributed by atoms with van der Waals surface area (Å²) in [5.74, 6) is 0.827. The van der Waals surface area contributed by atoms with Crippen LogP contribution in [0.5, 0.6) is 11.5 Å². The third-order valence-electron chi connectivity index (χ3n) is 3.45. The Balaban J connectivity index is 2.46. The fraction of sp³-hybridized carbons (Fsp3) is 0.538. The van der Waals surface area contributed by atoms with Gasteiger partial charge in [0.1, 0.15) is 0 Å². The van der Waals surface area contributed by atoms with Gasteiger partial charge in [0, 0.05) is 12.6 Å². The first-order valence-corrected chi connectivity index (χ1v) is 5.77. The summed E-state index contributed by atoms with van der Waals surface area (Å²) < 4.78 is 5.14. The summed E-state index contributed by atoms with van der Waals surface area (Å²) in [4.78, 5) is 2.34. The molecule has 1 aliphatic rings. The maximum absolute atomic E-state index is 9.82. The van der Waals surface area contributed by atoms with E-state index in [1.165, 1.54) is 11.1 Å². The van der Waals surface area contributed by atoms with Crippen LogP contribution in [0.1, 0.15) is 30.5 Å². The predicted molar refractivity (Wildman–Crippen MR) is 64.0 cm³/mol. The topological polar surface area (TPSA) is 32.7 Å². The van der Waals surface area contributed by atoms with E-state index in [-0.39, 0.29) is 5.75 Å². The summed E-state index contributed by atoms with van der Waals surface area (Å²) in [5, 5.41) is 9.82. The molecule has 0 fully saturated rings. The van der Waals surface area contributed by atoms with E-state index < -0.39 is 0 Å². The highest BCUT2D eigenvalue weighted by molar-refractivity contribution is 5.48. The number of phenols is 1. The second-order valence-electron chi connectivity index (χ2n) is 4.38. The number of ether oxygens (including phenoxy) is 1. The van der Waals surface area contributed by atoms with E-state index in [1.807, 2.05) is 12.1 Å². The smallest absolute Gasteiger partial charge is 0.160 e. The van der Waals surface area contributed by atoms with E-state index >= 15 is 0 Å². The largest absolute Gasteiger partial charge is 0.504 e. The number of benzene rings is 1. The zero-order valence-corrected chi connectivity index (χ0v) is 10.2. The summed E-state index contributed by atoms with van der Waals surface area (Å²) >= 11 is 0. The fourth-order valence-corrected chi connectivity index (χ4v) is 2.54. The minimum Gasteiger partial charge on any atom is -0.504 e. The van der Waals surface area contributed by atoms with E-state index in [4.69, 9.17) is 4.74 Å². The molecule has 1 aliphatic heterocycles. The van der Waals surface area contributed by atoms with Crippen LogP contribution in [-0.2, 0) is 6.42 Å². The van der Waals surface area contributed by atoms with Gasteiger partial charge in [0.15, 0.2) is 11.5 Å². The number of rotatable bonds is 2. The second-order valence-corrected chi connectivity index (χ2v) is 4.38. The van der Waals surface area contributed by atoms with Crippen molar-refractivity contribution < 1.29 is 9.84 Å². The van der Waals surface area contributed by atoms with Crippen molar-refractivity contribution in [2.45, 2.75) is 25.8 Å². The molecule has 3 heteroatoms. The van der Waals surface area contributed by atoms with E-state index in [0.717, 1.165) is 19.4 Å². The first-order chi connectivity index (χ1) is 7.67. The first-order valence-electron chi connectivity index (χ1n) is 5.77. The average Bonchev–Trinajstić information content (AvgIpc) is 2.28. The lowest BCUT2D eigenvalue weighted by molar-refractivity contribution is 0.224. The fourth-order valence-electron chi connectivity index (χ4n) is 2.54. The molecule has 1 atom stereocenters. The highest BCUT2D eigenvalue weighted by Gasteiger charge is 2.24. The van der Waals surface area contributed by atoms with Gasteiger partial charge in [-0.25, -0.2) is 0 Å². The van der Waals surface area contributed by atoms with Crippen molar-refractivity contribution >= 4 is 0 Å². The molecule has 1 aromatic carbocycles. The molecule has 0 saturated heterocycles. The van der Waals surface area contributed by atoms with Crippen LogP contribution in [0.2, 0.25) is 0 Å². The van der Waals surface area contributed by atoms with Gasteiger partial charge in [-0.1, -0.05) is 6.92 Å². The normalized spacial score (nSPS) is 20.6. The molecule has 0 bridgehead atoms. The molecule has 1 N–H and O–H groups in total. The Morgan fingerprint density at radius 1 is 1.50 bits per heavy atom. The molecule has 3 nitrogen and oxygen atoms in total. The maximum Gasteiger partial charge on any atom is 0.160 e. The zero-order chi connectivity index (χ0) is 11.7. The Labute approximate surface area is 96.6 Å². The van der Waals surface area contributed by atoms with Crippen LogP contribution in [0.25, 0.3) is 0 Å². The van der Waals surface area contributed by atoms with Crippen LogP contribution < -0.4 is 4.74 Å². The number of hydrogen-bond acceptors (Lipinski definition) is 3. The van der Waals surface area contributed by atoms with Gasteiger partial charge in [-0.3, -0.25) is 4.90 Å². The number of methoxy groups -OCH3 is 1. The second kappa shape index (κ2) is 4.34. The summed E-state index contributed by atoms with van der Waals surface area (Å²) in [5.41, 5.74) is 2.55. The van der Waals surface area contributed by atoms with E-state index in [9.17, 15) is 5.11 Å². The quantitative estimate of drug-likeness (QED) is 0.832. The molecule has 1 aromatic rings. The van der Waals surface area contributed by atoms with Crippen LogP contribution >= 0.6 is 0 Å². The Bertz CT molecular complexity index is 390. The summed E-state index contributed by atoms with van der Waals surface area (Å²) in [7, 11) is 3.73. The average molecular weight is 221 g/mol. The highest BCUT2D eigenvalue weighted by atomic mass is 16.5. The molecule has 0 saturated carbocycles. The van der Waals surface area contributed by atoms with E-state index in [1.54, 1.807) is 7.11 Å². The molecule has 0 aromatic heterocycles. The van der Waals surface area contributed by atoms with Crippen molar-refractivity contribution in [1.82, 2.24) is 4.90 Å². The number of nitrogens with zero attached hydrogens (tertiary/aromatic N) is 1. The van der Waals surface area contributed by atoms with Crippen LogP contribution in [0.15, 0.2) is 12.1 Å². The molecule has 1 unspecified atom stereocenters. The number of hydrogen-bond donors (Lipinski definition) is 1. The molecular weight excluding hydrogens is 202 g/mol. The van der Waals surface area contributed by atoms with Gasteiger partial charge in [-0.15, -0.1) is 0 Å². The lowest BCUT2D eigenvalue weighted by Gasteiger charge is -2.34. The zero-order valence-electron chi connectivity index (χ0n) is 10.2. The Morgan fingerprint density at radius 3 is 2.88 bits per heavy atom. The van der Waals surface area contributed by atoms with Crippen LogP contribution in [0.4, 0.5) is 0 Å². The van der Waals surface area contributed by atoms with Crippen molar-refractivity contribution in [3.05, 3.63) is 23.3 Å². The molecule has 88 valence electrons. The molecule has 16 heavy (non-hydrogen) atoms. The first kappa shape index (κ1) is 11.3. The van der Waals surface area contributed by atoms with Gasteiger partial charge in [0.2, 0.25) is 0 Å². The monoisotopic (exact) mass is 221 g/mol. The van der Waals surface area contributed by atoms with Crippen molar-refractivity contribution in [1.29, 1.82) is 0 Å². The van der Waals surface area contributed by atoms with E-state index in [0.29, 0.717) is 11.8 Å². The van der Waals surface area contributed by atoms with Crippen molar-refractivity contribution in [2.75, 3.05) is 20.7 Å². The number of phenolic OH excluding ortho intramolecular Hbond substituents is 1. The summed E-state index contributed by atoms with van der Waals surface area (Å²) in [6.07, 6.45) is 2.09. The molecule has 0 aliphatic carbocycles. The van der Waals surface area contributed by atoms with Gasteiger partial charge in [0.05, 0.1) is 7.11 Å². The van der Waals surface area contributed by atoms with E-state index in [2.05, 4.69) is 18.9 Å². The van der Waals surface area contributed by atoms with Crippen molar-refractivity contribution in [3.8, 4) is 11.5 Å². The minimum atomic E-state index is 0.245. The number of aromatic hydroxyl groups is 1. The third-order valence-corrected chi connectivity index (χ3v) is 3.45. The Morgan fingerprint density at radius 2 is 2.25 bits per heavy atom. The molecule has 0 spiro atoms. The van der Waals surface area contributed by atoms with Crippen LogP contribution in [0.3, 0.4) is 0 Å². The predicted octanol–water partition coefficient (Wildman–Crippen LogP) is 2.34. The summed E-state index contributed by atoms with van der Waals surface area (Å²) in [6.45, 7) is 3.25. The summed E-state index contributed by atoms with van der Waals surface area (Å²) in [6, 6.07) is 4.25. The Kier molecular flexibility index (Phi) is 3.06. The molecule has 2 rings (SSSR count). The molecule has 0 radical (unpaired) electrons. The highest BCUT2D eigenvalue weighted by Crippen LogP contribution is 2.37. The maximum atomic E-state index is 9.82. The van der Waals surface area contributed by atoms with Gasteiger partial charge >= 0.3 is 0 Å². The lowest BCUT2D eigenvalue weighted by Crippen LogP contribution is -2.31. The third kappa shape index (κ3) is 1.76. The van der Waals surface area contributed by atoms with Gasteiger partial charge < -0.3 is 9.84 Å². The molecule has 1 heterocycles. The Hall–Kier alpha value is -1.22. The standard InChI is InChI=1S/C13H19NO2/c1-4-11-10-8-12(15)13(16-3)7-9(10)5-6-14(11)2/h7-8,11,15H,4-6H2,1-3H3. The molecular formula is C13H19NO2. The van der Waals surface area contributed by atoms with Gasteiger partial charge in [0.25, 0.3) is 0 Å².